The molecule has 1 aromatic heterocycles. The van der Waals surface area contributed by atoms with Crippen LogP contribution in [0.15, 0.2) is 47.3 Å². The molecule has 0 aliphatic heterocycles. The van der Waals surface area contributed by atoms with Crippen LogP contribution in [0, 0.1) is 18.6 Å². The third kappa shape index (κ3) is 2.87. The van der Waals surface area contributed by atoms with Crippen molar-refractivity contribution in [3.8, 4) is 22.3 Å². The molecule has 0 radical (unpaired) electrons. The second-order valence-corrected chi connectivity index (χ2v) is 5.46. The molecule has 0 saturated heterocycles. The van der Waals surface area contributed by atoms with E-state index in [0.717, 1.165) is 12.1 Å². The number of hydrogen-bond donors (Lipinski definition) is 1. The van der Waals surface area contributed by atoms with E-state index in [9.17, 15) is 13.6 Å². The monoisotopic (exact) mass is 332 g/mol. The van der Waals surface area contributed by atoms with Crippen LogP contribution in [0.25, 0.3) is 22.3 Å². The van der Waals surface area contributed by atoms with Gasteiger partial charge in [-0.05, 0) is 36.8 Å². The molecule has 0 fully saturated rings. The number of nitrogens with zero attached hydrogens (tertiary/aromatic N) is 1. The summed E-state index contributed by atoms with van der Waals surface area (Å²) in [7, 11) is 0. The van der Waals surface area contributed by atoms with Crippen LogP contribution in [-0.4, -0.2) is 10.2 Å². The summed E-state index contributed by atoms with van der Waals surface area (Å²) in [5, 5.41) is 6.82. The van der Waals surface area contributed by atoms with E-state index in [0.29, 0.717) is 21.8 Å². The van der Waals surface area contributed by atoms with Crippen molar-refractivity contribution >= 4 is 11.6 Å². The molecule has 23 heavy (non-hydrogen) atoms. The highest BCUT2D eigenvalue weighted by Gasteiger charge is 2.18. The van der Waals surface area contributed by atoms with E-state index in [1.807, 2.05) is 0 Å². The zero-order chi connectivity index (χ0) is 16.6. The fourth-order valence-electron chi connectivity index (χ4n) is 2.46. The molecule has 1 heterocycles. The molecule has 0 unspecified atom stereocenters. The first-order valence-electron chi connectivity index (χ1n) is 6.78. The molecule has 0 saturated carbocycles. The van der Waals surface area contributed by atoms with Crippen molar-refractivity contribution < 1.29 is 8.78 Å². The number of aromatic nitrogens is 2. The lowest BCUT2D eigenvalue weighted by Crippen LogP contribution is -2.15. The summed E-state index contributed by atoms with van der Waals surface area (Å²) in [5.74, 6) is -1.52. The molecule has 3 nitrogen and oxygen atoms in total. The molecule has 1 N–H and O–H groups in total. The van der Waals surface area contributed by atoms with E-state index in [1.54, 1.807) is 31.2 Å². The maximum atomic E-state index is 14.2. The number of benzene rings is 2. The van der Waals surface area contributed by atoms with Crippen LogP contribution in [0.5, 0.6) is 0 Å². The van der Waals surface area contributed by atoms with Gasteiger partial charge in [0.2, 0.25) is 0 Å². The quantitative estimate of drug-likeness (QED) is 0.758. The molecular weight excluding hydrogens is 322 g/mol. The average Bonchev–Trinajstić information content (AvgIpc) is 2.51. The molecule has 0 amide bonds. The van der Waals surface area contributed by atoms with Gasteiger partial charge in [-0.15, -0.1) is 0 Å². The first-order chi connectivity index (χ1) is 11.0. The van der Waals surface area contributed by atoms with Crippen molar-refractivity contribution in [2.45, 2.75) is 6.92 Å². The molecule has 0 aliphatic rings. The van der Waals surface area contributed by atoms with Gasteiger partial charge >= 0.3 is 0 Å². The third-order valence-corrected chi connectivity index (χ3v) is 3.75. The number of aryl methyl sites for hydroxylation is 1. The predicted molar refractivity (Wildman–Crippen MR) is 85.4 cm³/mol. The maximum absolute atomic E-state index is 14.2. The van der Waals surface area contributed by atoms with Crippen LogP contribution in [0.3, 0.4) is 0 Å². The first kappa shape index (κ1) is 15.4. The highest BCUT2D eigenvalue weighted by atomic mass is 35.5. The van der Waals surface area contributed by atoms with Crippen molar-refractivity contribution in [2.24, 2.45) is 0 Å². The van der Waals surface area contributed by atoms with Gasteiger partial charge in [-0.3, -0.25) is 4.79 Å². The summed E-state index contributed by atoms with van der Waals surface area (Å²) in [6, 6.07) is 9.88. The number of hydrogen-bond acceptors (Lipinski definition) is 2. The Hall–Kier alpha value is -2.53. The normalized spacial score (nSPS) is 10.8. The summed E-state index contributed by atoms with van der Waals surface area (Å²) in [4.78, 5) is 12.3. The lowest BCUT2D eigenvalue weighted by molar-refractivity contribution is 0.585. The lowest BCUT2D eigenvalue weighted by Gasteiger charge is -2.12. The molecule has 0 spiro atoms. The number of aromatic amines is 1. The second-order valence-electron chi connectivity index (χ2n) is 5.02. The summed E-state index contributed by atoms with van der Waals surface area (Å²) < 4.78 is 27.3. The van der Waals surface area contributed by atoms with Crippen LogP contribution in [-0.2, 0) is 0 Å². The number of H-pyrrole nitrogens is 1. The molecule has 0 bridgehead atoms. The highest BCUT2D eigenvalue weighted by Crippen LogP contribution is 2.33. The average molecular weight is 333 g/mol. The van der Waals surface area contributed by atoms with Gasteiger partial charge < -0.3 is 0 Å². The second kappa shape index (κ2) is 5.93. The zero-order valence-electron chi connectivity index (χ0n) is 12.0. The molecular formula is C17H11ClF2N2O. The van der Waals surface area contributed by atoms with Crippen LogP contribution >= 0.6 is 11.6 Å². The fraction of sp³-hybridized carbons (Fsp3) is 0.0588. The minimum absolute atomic E-state index is 0.0168. The molecule has 3 rings (SSSR count). The Morgan fingerprint density at radius 3 is 2.39 bits per heavy atom. The Balaban J connectivity index is 2.34. The standard InChI is InChI=1S/C17H11ClF2N2O/c1-9-15(10-2-4-11(18)5-3-10)16(17(23)22-21-9)13-7-6-12(19)8-14(13)20/h2-8H,1H3,(H,22,23). The predicted octanol–water partition coefficient (Wildman–Crippen LogP) is 4.34. The van der Waals surface area contributed by atoms with Gasteiger partial charge in [0.1, 0.15) is 11.6 Å². The van der Waals surface area contributed by atoms with Crippen molar-refractivity contribution in [2.75, 3.05) is 0 Å². The van der Waals surface area contributed by atoms with Gasteiger partial charge in [0.25, 0.3) is 5.56 Å². The number of halogens is 3. The van der Waals surface area contributed by atoms with Gasteiger partial charge in [-0.25, -0.2) is 13.9 Å². The van der Waals surface area contributed by atoms with Crippen LogP contribution < -0.4 is 5.56 Å². The van der Waals surface area contributed by atoms with Crippen molar-refractivity contribution in [1.29, 1.82) is 0 Å². The molecule has 2 aromatic carbocycles. The van der Waals surface area contributed by atoms with Gasteiger partial charge in [-0.1, -0.05) is 23.7 Å². The van der Waals surface area contributed by atoms with E-state index < -0.39 is 17.2 Å². The van der Waals surface area contributed by atoms with E-state index >= 15 is 0 Å². The van der Waals surface area contributed by atoms with Crippen LogP contribution in [0.2, 0.25) is 5.02 Å². The lowest BCUT2D eigenvalue weighted by atomic mass is 9.94. The summed E-state index contributed by atoms with van der Waals surface area (Å²) in [6.07, 6.45) is 0. The smallest absolute Gasteiger partial charge is 0.267 e. The summed E-state index contributed by atoms with van der Waals surface area (Å²) in [5.41, 5.74) is 1.25. The Morgan fingerprint density at radius 2 is 1.74 bits per heavy atom. The molecule has 0 atom stereocenters. The topological polar surface area (TPSA) is 45.8 Å². The van der Waals surface area contributed by atoms with Gasteiger partial charge in [0, 0.05) is 22.2 Å². The highest BCUT2D eigenvalue weighted by molar-refractivity contribution is 6.30. The molecule has 116 valence electrons. The van der Waals surface area contributed by atoms with Gasteiger partial charge in [-0.2, -0.15) is 5.10 Å². The number of nitrogens with one attached hydrogen (secondary N) is 1. The first-order valence-corrected chi connectivity index (χ1v) is 7.16. The van der Waals surface area contributed by atoms with Crippen LogP contribution in [0.4, 0.5) is 8.78 Å². The van der Waals surface area contributed by atoms with Gasteiger partial charge in [0.15, 0.2) is 0 Å². The Bertz CT molecular complexity index is 936. The minimum atomic E-state index is -0.809. The fourth-order valence-corrected chi connectivity index (χ4v) is 2.59. The van der Waals surface area contributed by atoms with E-state index in [4.69, 9.17) is 11.6 Å². The van der Waals surface area contributed by atoms with E-state index in [-0.39, 0.29) is 11.1 Å². The Kier molecular flexibility index (Phi) is 3.96. The summed E-state index contributed by atoms with van der Waals surface area (Å²) >= 11 is 5.88. The van der Waals surface area contributed by atoms with Crippen molar-refractivity contribution in [3.05, 3.63) is 75.2 Å². The third-order valence-electron chi connectivity index (χ3n) is 3.50. The van der Waals surface area contributed by atoms with E-state index in [2.05, 4.69) is 10.2 Å². The van der Waals surface area contributed by atoms with Crippen molar-refractivity contribution in [1.82, 2.24) is 10.2 Å². The van der Waals surface area contributed by atoms with E-state index in [1.165, 1.54) is 6.07 Å². The molecule has 6 heteroatoms. The van der Waals surface area contributed by atoms with Crippen molar-refractivity contribution in [3.63, 3.8) is 0 Å². The minimum Gasteiger partial charge on any atom is -0.267 e. The Morgan fingerprint density at radius 1 is 1.04 bits per heavy atom. The summed E-state index contributed by atoms with van der Waals surface area (Å²) in [6.45, 7) is 1.70. The van der Waals surface area contributed by atoms with Crippen LogP contribution in [0.1, 0.15) is 5.69 Å². The zero-order valence-corrected chi connectivity index (χ0v) is 12.8. The largest absolute Gasteiger partial charge is 0.272 e. The number of rotatable bonds is 2. The maximum Gasteiger partial charge on any atom is 0.272 e. The Labute approximate surface area is 135 Å². The SMILES string of the molecule is Cc1n[nH]c(=O)c(-c2ccc(F)cc2F)c1-c1ccc(Cl)cc1. The molecule has 3 aromatic rings. The molecule has 0 aliphatic carbocycles. The van der Waals surface area contributed by atoms with Gasteiger partial charge in [0.05, 0.1) is 11.3 Å².